The monoisotopic (exact) mass is 513 g/mol. The van der Waals surface area contributed by atoms with Crippen LogP contribution in [0, 0.1) is 6.92 Å². The lowest BCUT2D eigenvalue weighted by molar-refractivity contribution is -0.114. The highest BCUT2D eigenvalue weighted by Gasteiger charge is 2.29. The third-order valence-electron chi connectivity index (χ3n) is 5.28. The van der Waals surface area contributed by atoms with Crippen LogP contribution in [0.25, 0.3) is 0 Å². The number of hydrogen-bond acceptors (Lipinski definition) is 4. The molecule has 0 aliphatic rings. The van der Waals surface area contributed by atoms with E-state index in [0.717, 1.165) is 22.7 Å². The van der Waals surface area contributed by atoms with Crippen LogP contribution in [0.1, 0.15) is 35.7 Å². The van der Waals surface area contributed by atoms with E-state index in [1.165, 1.54) is 18.2 Å². The van der Waals surface area contributed by atoms with Gasteiger partial charge < -0.3 is 10.6 Å². The van der Waals surface area contributed by atoms with Gasteiger partial charge in [0.2, 0.25) is 5.91 Å². The quantitative estimate of drug-likeness (QED) is 0.372. The van der Waals surface area contributed by atoms with Crippen molar-refractivity contribution in [3.05, 3.63) is 88.9 Å². The van der Waals surface area contributed by atoms with Crippen molar-refractivity contribution < 1.29 is 18.0 Å². The topological polar surface area (TPSA) is 95.6 Å². The lowest BCUT2D eigenvalue weighted by Gasteiger charge is -2.25. The third kappa shape index (κ3) is 6.61. The number of carbonyl (C=O) groups excluding carboxylic acids is 2. The molecule has 0 atom stereocenters. The highest BCUT2D eigenvalue weighted by Crippen LogP contribution is 2.30. The zero-order valence-electron chi connectivity index (χ0n) is 19.6. The van der Waals surface area contributed by atoms with Crippen molar-refractivity contribution in [2.24, 2.45) is 0 Å². The van der Waals surface area contributed by atoms with Gasteiger partial charge in [-0.25, -0.2) is 8.42 Å². The Morgan fingerprint density at radius 3 is 2.29 bits per heavy atom. The second kappa shape index (κ2) is 11.9. The number of aryl methyl sites for hydroxylation is 1. The van der Waals surface area contributed by atoms with Gasteiger partial charge in [0.05, 0.1) is 26.9 Å². The summed E-state index contributed by atoms with van der Waals surface area (Å²) in [4.78, 5) is 25.7. The van der Waals surface area contributed by atoms with Gasteiger partial charge in [-0.3, -0.25) is 13.9 Å². The fourth-order valence-corrected chi connectivity index (χ4v) is 5.10. The first-order valence-corrected chi connectivity index (χ1v) is 13.1. The second-order valence-corrected chi connectivity index (χ2v) is 10.2. The molecule has 0 fully saturated rings. The van der Waals surface area contributed by atoms with E-state index in [1.807, 2.05) is 13.8 Å². The van der Waals surface area contributed by atoms with E-state index in [-0.39, 0.29) is 21.5 Å². The molecule has 0 spiro atoms. The molecule has 0 aliphatic heterocycles. The normalized spacial score (nSPS) is 11.1. The number of carbonyl (C=O) groups is 2. The molecule has 0 aliphatic carbocycles. The van der Waals surface area contributed by atoms with Crippen LogP contribution in [0.2, 0.25) is 5.02 Å². The summed E-state index contributed by atoms with van der Waals surface area (Å²) in [6.07, 6.45) is 1.77. The predicted molar refractivity (Wildman–Crippen MR) is 139 cm³/mol. The number of hydrogen-bond donors (Lipinski definition) is 2. The molecule has 2 amide bonds. The number of unbranched alkanes of at least 4 members (excludes halogenated alkanes) is 1. The molecule has 0 bridgehead atoms. The van der Waals surface area contributed by atoms with Crippen LogP contribution in [0.3, 0.4) is 0 Å². The molecule has 184 valence electrons. The van der Waals surface area contributed by atoms with E-state index in [2.05, 4.69) is 10.6 Å². The Bertz CT molecular complexity index is 1290. The Labute approximate surface area is 211 Å². The van der Waals surface area contributed by atoms with Crippen LogP contribution in [0.5, 0.6) is 0 Å². The van der Waals surface area contributed by atoms with Gasteiger partial charge in [0, 0.05) is 6.54 Å². The highest BCUT2D eigenvalue weighted by atomic mass is 35.5. The molecule has 3 aromatic rings. The number of nitrogens with one attached hydrogen (secondary N) is 2. The number of anilines is 2. The van der Waals surface area contributed by atoms with Crippen molar-refractivity contribution in [1.82, 2.24) is 5.32 Å². The first kappa shape index (κ1) is 26.2. The van der Waals surface area contributed by atoms with E-state index in [0.29, 0.717) is 17.8 Å². The first-order chi connectivity index (χ1) is 16.7. The molecule has 3 aromatic carbocycles. The average molecular weight is 514 g/mol. The molecular weight excluding hydrogens is 486 g/mol. The number of rotatable bonds is 10. The number of nitrogens with zero attached hydrogens (tertiary/aromatic N) is 1. The van der Waals surface area contributed by atoms with Crippen molar-refractivity contribution >= 4 is 44.8 Å². The van der Waals surface area contributed by atoms with Crippen LogP contribution < -0.4 is 14.9 Å². The standard InChI is InChI=1S/C26H28ClN3O4S/c1-3-4-17-28-26(32)21-9-5-7-11-23(21)29-25(31)18-30(24-12-8-6-10-22(24)27)35(33,34)20-15-13-19(2)14-16-20/h5-16H,3-4,17-18H2,1-2H3,(H,28,32)(H,29,31). The number of halogens is 1. The van der Waals surface area contributed by atoms with Gasteiger partial charge >= 0.3 is 0 Å². The summed E-state index contributed by atoms with van der Waals surface area (Å²) < 4.78 is 28.0. The lowest BCUT2D eigenvalue weighted by Crippen LogP contribution is -2.38. The van der Waals surface area contributed by atoms with Gasteiger partial charge in [0.15, 0.2) is 0 Å². The molecule has 3 rings (SSSR count). The van der Waals surface area contributed by atoms with Crippen LogP contribution in [0.15, 0.2) is 77.7 Å². The largest absolute Gasteiger partial charge is 0.352 e. The van der Waals surface area contributed by atoms with E-state index in [9.17, 15) is 18.0 Å². The summed E-state index contributed by atoms with van der Waals surface area (Å²) in [5.41, 5.74) is 1.66. The number of sulfonamides is 1. The maximum atomic E-state index is 13.5. The number of benzene rings is 3. The summed E-state index contributed by atoms with van der Waals surface area (Å²) in [5, 5.41) is 5.70. The Morgan fingerprint density at radius 1 is 0.943 bits per heavy atom. The maximum Gasteiger partial charge on any atom is 0.264 e. The van der Waals surface area contributed by atoms with Crippen LogP contribution in [-0.4, -0.2) is 33.3 Å². The summed E-state index contributed by atoms with van der Waals surface area (Å²) in [5.74, 6) is -0.931. The molecule has 9 heteroatoms. The third-order valence-corrected chi connectivity index (χ3v) is 7.37. The maximum absolute atomic E-state index is 13.5. The smallest absolute Gasteiger partial charge is 0.264 e. The van der Waals surface area contributed by atoms with Gasteiger partial charge in [-0.15, -0.1) is 0 Å². The molecule has 7 nitrogen and oxygen atoms in total. The first-order valence-electron chi connectivity index (χ1n) is 11.2. The Hall–Kier alpha value is -3.36. The molecule has 0 unspecified atom stereocenters. The average Bonchev–Trinajstić information content (AvgIpc) is 2.84. The van der Waals surface area contributed by atoms with Gasteiger partial charge in [0.1, 0.15) is 6.54 Å². The summed E-state index contributed by atoms with van der Waals surface area (Å²) in [6.45, 7) is 3.86. The number of amides is 2. The minimum atomic E-state index is -4.11. The van der Waals surface area contributed by atoms with Crippen molar-refractivity contribution in [3.63, 3.8) is 0 Å². The minimum absolute atomic E-state index is 0.0338. The molecule has 0 aromatic heterocycles. The predicted octanol–water partition coefficient (Wildman–Crippen LogP) is 5.01. The Morgan fingerprint density at radius 2 is 1.60 bits per heavy atom. The lowest BCUT2D eigenvalue weighted by atomic mass is 10.1. The molecule has 0 saturated heterocycles. The van der Waals surface area contributed by atoms with Crippen molar-refractivity contribution in [2.75, 3.05) is 22.7 Å². The molecule has 0 heterocycles. The van der Waals surface area contributed by atoms with Crippen LogP contribution >= 0.6 is 11.6 Å². The van der Waals surface area contributed by atoms with Crippen molar-refractivity contribution in [3.8, 4) is 0 Å². The van der Waals surface area contributed by atoms with E-state index in [1.54, 1.807) is 54.6 Å². The fraction of sp³-hybridized carbons (Fsp3) is 0.231. The molecule has 0 radical (unpaired) electrons. The van der Waals surface area contributed by atoms with Crippen molar-refractivity contribution in [2.45, 2.75) is 31.6 Å². The van der Waals surface area contributed by atoms with Gasteiger partial charge in [0.25, 0.3) is 15.9 Å². The van der Waals surface area contributed by atoms with Gasteiger partial charge in [-0.05, 0) is 49.7 Å². The SMILES string of the molecule is CCCCNC(=O)c1ccccc1NC(=O)CN(c1ccccc1Cl)S(=O)(=O)c1ccc(C)cc1. The van der Waals surface area contributed by atoms with Gasteiger partial charge in [-0.2, -0.15) is 0 Å². The molecular formula is C26H28ClN3O4S. The van der Waals surface area contributed by atoms with Crippen LogP contribution in [0.4, 0.5) is 11.4 Å². The molecule has 2 N–H and O–H groups in total. The van der Waals surface area contributed by atoms with Gasteiger partial charge in [-0.1, -0.05) is 66.9 Å². The van der Waals surface area contributed by atoms with E-state index >= 15 is 0 Å². The zero-order valence-corrected chi connectivity index (χ0v) is 21.2. The van der Waals surface area contributed by atoms with Crippen LogP contribution in [-0.2, 0) is 14.8 Å². The summed E-state index contributed by atoms with van der Waals surface area (Å²) in [6, 6.07) is 19.4. The second-order valence-electron chi connectivity index (χ2n) is 7.98. The van der Waals surface area contributed by atoms with E-state index < -0.39 is 22.5 Å². The molecule has 0 saturated carbocycles. The highest BCUT2D eigenvalue weighted by molar-refractivity contribution is 7.92. The minimum Gasteiger partial charge on any atom is -0.352 e. The van der Waals surface area contributed by atoms with Crippen molar-refractivity contribution in [1.29, 1.82) is 0 Å². The zero-order chi connectivity index (χ0) is 25.4. The van der Waals surface area contributed by atoms with E-state index in [4.69, 9.17) is 11.6 Å². The molecule has 35 heavy (non-hydrogen) atoms. The number of para-hydroxylation sites is 2. The Balaban J connectivity index is 1.90. The fourth-order valence-electron chi connectivity index (χ4n) is 3.38. The summed E-state index contributed by atoms with van der Waals surface area (Å²) in [7, 11) is -4.11. The summed E-state index contributed by atoms with van der Waals surface area (Å²) >= 11 is 6.32. The Kier molecular flexibility index (Phi) is 8.89.